The maximum atomic E-state index is 13.3. The Balaban J connectivity index is 1.95. The number of methoxy groups -OCH3 is 1. The largest absolute Gasteiger partial charge is 0.496 e. The van der Waals surface area contributed by atoms with Crippen LogP contribution in [0.3, 0.4) is 0 Å². The third kappa shape index (κ3) is 4.91. The molecule has 3 aromatic carbocycles. The number of benzene rings is 3. The Morgan fingerprint density at radius 3 is 2.18 bits per heavy atom. The molecule has 34 heavy (non-hydrogen) atoms. The third-order valence-corrected chi connectivity index (χ3v) is 6.08. The Hall–Kier alpha value is -3.80. The van der Waals surface area contributed by atoms with Gasteiger partial charge in [-0.2, -0.15) is 0 Å². The Kier molecular flexibility index (Phi) is 7.61. The van der Waals surface area contributed by atoms with Crippen LogP contribution in [-0.2, 0) is 13.0 Å². The minimum Gasteiger partial charge on any atom is -0.496 e. The maximum Gasteiger partial charge on any atom is 0.347 e. The lowest BCUT2D eigenvalue weighted by Gasteiger charge is -2.20. The first kappa shape index (κ1) is 24.8. The zero-order valence-electron chi connectivity index (χ0n) is 20.4. The van der Waals surface area contributed by atoms with Gasteiger partial charge in [0.2, 0.25) is 0 Å². The lowest BCUT2D eigenvalue weighted by molar-refractivity contribution is 0.0694. The second kappa shape index (κ2) is 10.4. The standard InChI is InChI=1S/C28H30O6/c1-7-22-19(5)26(18(4)17(3)25(22)27(29)30)34-28(31)24-16(2)13-21(14-23(24)32-6)33-15-20-11-9-8-10-12-20/h8-14H,7,15H2,1-6H3,(H,29,30). The first-order valence-electron chi connectivity index (χ1n) is 11.1. The van der Waals surface area contributed by atoms with E-state index in [1.54, 1.807) is 39.8 Å². The van der Waals surface area contributed by atoms with Gasteiger partial charge in [0.15, 0.2) is 0 Å². The van der Waals surface area contributed by atoms with Crippen molar-refractivity contribution in [2.75, 3.05) is 7.11 Å². The average molecular weight is 463 g/mol. The zero-order valence-corrected chi connectivity index (χ0v) is 20.4. The number of aryl methyl sites for hydroxylation is 1. The minimum absolute atomic E-state index is 0.269. The number of ether oxygens (including phenoxy) is 3. The van der Waals surface area contributed by atoms with Crippen LogP contribution >= 0.6 is 0 Å². The molecule has 0 aliphatic rings. The molecule has 0 aliphatic heterocycles. The van der Waals surface area contributed by atoms with Gasteiger partial charge in [-0.15, -0.1) is 0 Å². The van der Waals surface area contributed by atoms with Crippen LogP contribution in [0.4, 0.5) is 0 Å². The molecule has 0 bridgehead atoms. The summed E-state index contributed by atoms with van der Waals surface area (Å²) in [6, 6.07) is 13.2. The highest BCUT2D eigenvalue weighted by Gasteiger charge is 2.25. The van der Waals surface area contributed by atoms with Crippen molar-refractivity contribution in [3.05, 3.63) is 87.0 Å². The molecule has 0 heterocycles. The number of carboxylic acid groups (broad SMARTS) is 1. The molecule has 0 amide bonds. The van der Waals surface area contributed by atoms with Crippen LogP contribution in [0.5, 0.6) is 17.2 Å². The van der Waals surface area contributed by atoms with Gasteiger partial charge in [0, 0.05) is 6.07 Å². The fourth-order valence-electron chi connectivity index (χ4n) is 4.19. The van der Waals surface area contributed by atoms with E-state index in [4.69, 9.17) is 14.2 Å². The molecule has 0 saturated carbocycles. The Bertz CT molecular complexity index is 1230. The van der Waals surface area contributed by atoms with Crippen molar-refractivity contribution in [1.82, 2.24) is 0 Å². The van der Waals surface area contributed by atoms with Gasteiger partial charge in [-0.1, -0.05) is 37.3 Å². The number of hydrogen-bond donors (Lipinski definition) is 1. The molecular formula is C28H30O6. The summed E-state index contributed by atoms with van der Waals surface area (Å²) in [5.74, 6) is -0.244. The average Bonchev–Trinajstić information content (AvgIpc) is 2.82. The van der Waals surface area contributed by atoms with Gasteiger partial charge in [-0.05, 0) is 73.6 Å². The number of hydrogen-bond acceptors (Lipinski definition) is 5. The summed E-state index contributed by atoms with van der Waals surface area (Å²) in [6.45, 7) is 9.35. The molecule has 0 spiro atoms. The number of carboxylic acids is 1. The van der Waals surface area contributed by atoms with E-state index in [0.717, 1.165) is 5.56 Å². The number of carbonyl (C=O) groups excluding carboxylic acids is 1. The maximum absolute atomic E-state index is 13.3. The van der Waals surface area contributed by atoms with Crippen molar-refractivity contribution in [1.29, 1.82) is 0 Å². The predicted octanol–water partition coefficient (Wildman–Crippen LogP) is 5.99. The number of aromatic carboxylic acids is 1. The Labute approximate surface area is 200 Å². The van der Waals surface area contributed by atoms with Crippen LogP contribution in [0.2, 0.25) is 0 Å². The monoisotopic (exact) mass is 462 g/mol. The smallest absolute Gasteiger partial charge is 0.347 e. The summed E-state index contributed by atoms with van der Waals surface area (Å²) in [6.07, 6.45) is 0.509. The van der Waals surface area contributed by atoms with Gasteiger partial charge < -0.3 is 19.3 Å². The second-order valence-corrected chi connectivity index (χ2v) is 8.20. The topological polar surface area (TPSA) is 82.1 Å². The number of esters is 1. The van der Waals surface area contributed by atoms with E-state index in [-0.39, 0.29) is 5.56 Å². The highest BCUT2D eigenvalue weighted by molar-refractivity contribution is 5.97. The fraction of sp³-hybridized carbons (Fsp3) is 0.286. The molecule has 0 saturated heterocycles. The van der Waals surface area contributed by atoms with Crippen molar-refractivity contribution in [2.45, 2.75) is 47.6 Å². The van der Waals surface area contributed by atoms with Crippen LogP contribution in [-0.4, -0.2) is 24.2 Å². The lowest BCUT2D eigenvalue weighted by Crippen LogP contribution is -2.16. The molecule has 1 N–H and O–H groups in total. The summed E-state index contributed by atoms with van der Waals surface area (Å²) in [4.78, 5) is 25.1. The quantitative estimate of drug-likeness (QED) is 0.327. The second-order valence-electron chi connectivity index (χ2n) is 8.20. The summed E-state index contributed by atoms with van der Waals surface area (Å²) in [5, 5.41) is 9.69. The zero-order chi connectivity index (χ0) is 25.0. The molecule has 0 unspecified atom stereocenters. The minimum atomic E-state index is -0.984. The Morgan fingerprint density at radius 1 is 0.912 bits per heavy atom. The fourth-order valence-corrected chi connectivity index (χ4v) is 4.19. The van der Waals surface area contributed by atoms with Crippen molar-refractivity contribution in [3.63, 3.8) is 0 Å². The molecule has 0 radical (unpaired) electrons. The van der Waals surface area contributed by atoms with Gasteiger partial charge in [0.05, 0.1) is 12.7 Å². The highest BCUT2D eigenvalue weighted by atomic mass is 16.5. The molecule has 0 fully saturated rings. The lowest BCUT2D eigenvalue weighted by atomic mass is 9.90. The third-order valence-electron chi connectivity index (χ3n) is 6.08. The first-order valence-corrected chi connectivity index (χ1v) is 11.1. The van der Waals surface area contributed by atoms with Crippen LogP contribution in [0, 0.1) is 27.7 Å². The van der Waals surface area contributed by atoms with Crippen molar-refractivity contribution in [2.24, 2.45) is 0 Å². The van der Waals surface area contributed by atoms with E-state index in [1.165, 1.54) is 7.11 Å². The van der Waals surface area contributed by atoms with Gasteiger partial charge in [-0.25, -0.2) is 9.59 Å². The molecule has 0 aromatic heterocycles. The predicted molar refractivity (Wildman–Crippen MR) is 130 cm³/mol. The SMILES string of the molecule is CCc1c(C)c(OC(=O)c2c(C)cc(OCc3ccccc3)cc2OC)c(C)c(C)c1C(=O)O. The normalized spacial score (nSPS) is 10.6. The van der Waals surface area contributed by atoms with Gasteiger partial charge in [0.1, 0.15) is 29.4 Å². The van der Waals surface area contributed by atoms with Crippen LogP contribution in [0.15, 0.2) is 42.5 Å². The Morgan fingerprint density at radius 2 is 1.59 bits per heavy atom. The molecule has 178 valence electrons. The summed E-state index contributed by atoms with van der Waals surface area (Å²) in [7, 11) is 1.49. The molecule has 3 rings (SSSR count). The number of rotatable bonds is 8. The van der Waals surface area contributed by atoms with E-state index >= 15 is 0 Å². The van der Waals surface area contributed by atoms with Crippen LogP contribution < -0.4 is 14.2 Å². The van der Waals surface area contributed by atoms with Crippen LogP contribution in [0.25, 0.3) is 0 Å². The molecule has 0 atom stereocenters. The van der Waals surface area contributed by atoms with Crippen LogP contribution in [0.1, 0.15) is 61.0 Å². The molecular weight excluding hydrogens is 432 g/mol. The summed E-state index contributed by atoms with van der Waals surface area (Å²) < 4.78 is 17.3. The van der Waals surface area contributed by atoms with E-state index in [1.807, 2.05) is 37.3 Å². The van der Waals surface area contributed by atoms with Crippen molar-refractivity contribution in [3.8, 4) is 17.2 Å². The molecule has 6 nitrogen and oxygen atoms in total. The van der Waals surface area contributed by atoms with E-state index in [9.17, 15) is 14.7 Å². The van der Waals surface area contributed by atoms with Crippen molar-refractivity contribution >= 4 is 11.9 Å². The van der Waals surface area contributed by atoms with Crippen molar-refractivity contribution < 1.29 is 28.9 Å². The highest BCUT2D eigenvalue weighted by Crippen LogP contribution is 2.36. The molecule has 3 aromatic rings. The summed E-state index contributed by atoms with van der Waals surface area (Å²) >= 11 is 0. The van der Waals surface area contributed by atoms with Gasteiger partial charge in [0.25, 0.3) is 0 Å². The van der Waals surface area contributed by atoms with E-state index in [0.29, 0.717) is 63.7 Å². The number of carbonyl (C=O) groups is 2. The summed E-state index contributed by atoms with van der Waals surface area (Å²) in [5.41, 5.74) is 4.77. The van der Waals surface area contributed by atoms with Gasteiger partial charge >= 0.3 is 11.9 Å². The van der Waals surface area contributed by atoms with E-state index in [2.05, 4.69) is 0 Å². The van der Waals surface area contributed by atoms with E-state index < -0.39 is 11.9 Å². The molecule has 0 aliphatic carbocycles. The molecule has 6 heteroatoms. The van der Waals surface area contributed by atoms with Gasteiger partial charge in [-0.3, -0.25) is 0 Å². The first-order chi connectivity index (χ1) is 16.2.